The highest BCUT2D eigenvalue weighted by molar-refractivity contribution is 7.79. The minimum absolute atomic E-state index is 0.178. The van der Waals surface area contributed by atoms with Crippen molar-refractivity contribution in [2.24, 2.45) is 0 Å². The van der Waals surface area contributed by atoms with Gasteiger partial charge >= 0.3 is 0 Å². The van der Waals surface area contributed by atoms with E-state index < -0.39 is 0 Å². The van der Waals surface area contributed by atoms with E-state index >= 15 is 0 Å². The first-order chi connectivity index (χ1) is 6.80. The average molecular weight is 210 g/mol. The van der Waals surface area contributed by atoms with Gasteiger partial charge in [0.2, 0.25) is 0 Å². The molecule has 0 atom stereocenters. The second-order valence-corrected chi connectivity index (χ2v) is 2.71. The van der Waals surface area contributed by atoms with Crippen molar-refractivity contribution in [2.45, 2.75) is 0 Å². The third-order valence-electron chi connectivity index (χ3n) is 1.34. The van der Waals surface area contributed by atoms with Gasteiger partial charge in [0.25, 0.3) is 5.17 Å². The normalized spacial score (nSPS) is 12.6. The summed E-state index contributed by atoms with van der Waals surface area (Å²) in [5.41, 5.74) is 0. The molecule has 1 aromatic rings. The molecule has 0 saturated carbocycles. The second kappa shape index (κ2) is 5.93. The van der Waals surface area contributed by atoms with E-state index in [-0.39, 0.29) is 5.17 Å². The van der Waals surface area contributed by atoms with E-state index in [4.69, 9.17) is 9.84 Å². The Kier molecular flexibility index (Phi) is 4.43. The summed E-state index contributed by atoms with van der Waals surface area (Å²) >= 11 is 4.39. The number of rotatable bonds is 0. The summed E-state index contributed by atoms with van der Waals surface area (Å²) in [6.07, 6.45) is 12.0. The number of ether oxygens (including phenoxy) is 1. The Morgan fingerprint density at radius 2 is 2.36 bits per heavy atom. The first-order valence-electron chi connectivity index (χ1n) is 3.95. The van der Waals surface area contributed by atoms with E-state index in [0.29, 0.717) is 0 Å². The zero-order valence-electron chi connectivity index (χ0n) is 7.41. The standard InChI is InChI=1S/C5H6O.C4H4N2OS/c1-2-4-6-5-3-1;7-4(8)6-2-1-5-3-6/h1-4H,5H2;1-3H,(H,7,8). The van der Waals surface area contributed by atoms with Gasteiger partial charge < -0.3 is 9.84 Å². The molecule has 0 unspecified atom stereocenters. The summed E-state index contributed by atoms with van der Waals surface area (Å²) in [7, 11) is 0. The van der Waals surface area contributed by atoms with Crippen molar-refractivity contribution in [3.05, 3.63) is 43.2 Å². The summed E-state index contributed by atoms with van der Waals surface area (Å²) in [5, 5.41) is 8.39. The molecule has 5 heteroatoms. The third kappa shape index (κ3) is 3.86. The Bertz CT molecular complexity index is 319. The minimum Gasteiger partial charge on any atom is -0.497 e. The van der Waals surface area contributed by atoms with Gasteiger partial charge in [0, 0.05) is 12.4 Å². The monoisotopic (exact) mass is 210 g/mol. The molecule has 74 valence electrons. The lowest BCUT2D eigenvalue weighted by molar-refractivity contribution is 0.286. The highest BCUT2D eigenvalue weighted by atomic mass is 32.1. The zero-order valence-corrected chi connectivity index (χ0v) is 8.22. The van der Waals surface area contributed by atoms with Gasteiger partial charge in [-0.1, -0.05) is 6.08 Å². The van der Waals surface area contributed by atoms with Crippen LogP contribution in [0.4, 0.5) is 0 Å². The molecule has 1 N–H and O–H groups in total. The van der Waals surface area contributed by atoms with E-state index in [0.717, 1.165) is 6.61 Å². The quantitative estimate of drug-likeness (QED) is 0.661. The molecule has 0 aromatic carbocycles. The number of imidazole rings is 1. The summed E-state index contributed by atoms with van der Waals surface area (Å²) in [6, 6.07) is 0. The van der Waals surface area contributed by atoms with Crippen molar-refractivity contribution in [2.75, 3.05) is 6.61 Å². The van der Waals surface area contributed by atoms with Crippen LogP contribution in [0.5, 0.6) is 0 Å². The molecule has 4 nitrogen and oxygen atoms in total. The number of hydrogen-bond acceptors (Lipinski definition) is 3. The molecule has 14 heavy (non-hydrogen) atoms. The van der Waals surface area contributed by atoms with Crippen LogP contribution in [0.1, 0.15) is 0 Å². The van der Waals surface area contributed by atoms with Crippen LogP contribution in [-0.4, -0.2) is 26.4 Å². The summed E-state index contributed by atoms with van der Waals surface area (Å²) in [5.74, 6) is 0. The number of allylic oxidation sites excluding steroid dienone is 2. The second-order valence-electron chi connectivity index (χ2n) is 2.34. The predicted octanol–water partition coefficient (Wildman–Crippen LogP) is 1.66. The lowest BCUT2D eigenvalue weighted by Crippen LogP contribution is -2.03. The molecule has 0 spiro atoms. The first kappa shape index (κ1) is 10.5. The molecule has 2 heterocycles. The number of aromatic nitrogens is 2. The largest absolute Gasteiger partial charge is 0.497 e. The fourth-order valence-electron chi connectivity index (χ4n) is 0.718. The fraction of sp³-hybridized carbons (Fsp3) is 0.111. The predicted molar refractivity (Wildman–Crippen MR) is 57.1 cm³/mol. The average Bonchev–Trinajstić information content (AvgIpc) is 2.74. The lowest BCUT2D eigenvalue weighted by atomic mass is 10.5. The van der Waals surface area contributed by atoms with Crippen LogP contribution in [0.3, 0.4) is 0 Å². The maximum Gasteiger partial charge on any atom is 0.266 e. The number of hydrogen-bond donors (Lipinski definition) is 1. The number of thiocarbonyl (C=S) groups is 1. The third-order valence-corrected chi connectivity index (χ3v) is 1.55. The van der Waals surface area contributed by atoms with E-state index in [1.807, 2.05) is 18.2 Å². The van der Waals surface area contributed by atoms with Crippen LogP contribution >= 0.6 is 12.2 Å². The number of aliphatic hydroxyl groups excluding tert-OH is 1. The molecular weight excluding hydrogens is 200 g/mol. The van der Waals surface area contributed by atoms with Crippen LogP contribution in [0.2, 0.25) is 0 Å². The van der Waals surface area contributed by atoms with E-state index in [2.05, 4.69) is 17.2 Å². The van der Waals surface area contributed by atoms with Gasteiger partial charge in [0.1, 0.15) is 12.9 Å². The van der Waals surface area contributed by atoms with Crippen LogP contribution in [-0.2, 0) is 4.74 Å². The molecule has 0 saturated heterocycles. The van der Waals surface area contributed by atoms with Crippen molar-refractivity contribution >= 4 is 17.4 Å². The first-order valence-corrected chi connectivity index (χ1v) is 4.36. The Morgan fingerprint density at radius 3 is 2.57 bits per heavy atom. The zero-order chi connectivity index (χ0) is 10.2. The van der Waals surface area contributed by atoms with Gasteiger partial charge in [-0.3, -0.25) is 4.57 Å². The molecule has 2 rings (SSSR count). The van der Waals surface area contributed by atoms with E-state index in [1.54, 1.807) is 18.7 Å². The van der Waals surface area contributed by atoms with Crippen molar-refractivity contribution in [1.29, 1.82) is 0 Å². The number of nitrogens with zero attached hydrogens (tertiary/aromatic N) is 2. The smallest absolute Gasteiger partial charge is 0.266 e. The van der Waals surface area contributed by atoms with Crippen molar-refractivity contribution in [1.82, 2.24) is 9.55 Å². The van der Waals surface area contributed by atoms with E-state index in [1.165, 1.54) is 10.9 Å². The highest BCUT2D eigenvalue weighted by Crippen LogP contribution is 1.87. The summed E-state index contributed by atoms with van der Waals surface area (Å²) in [6.45, 7) is 0.733. The highest BCUT2D eigenvalue weighted by Gasteiger charge is 1.89. The van der Waals surface area contributed by atoms with Gasteiger partial charge in [0.15, 0.2) is 0 Å². The summed E-state index contributed by atoms with van der Waals surface area (Å²) < 4.78 is 6.14. The summed E-state index contributed by atoms with van der Waals surface area (Å²) in [4.78, 5) is 3.66. The molecule has 0 bridgehead atoms. The Labute approximate surface area is 87.1 Å². The molecule has 1 aromatic heterocycles. The molecule has 1 aliphatic heterocycles. The van der Waals surface area contributed by atoms with Gasteiger partial charge in [-0.15, -0.1) is 0 Å². The maximum atomic E-state index is 8.57. The fourth-order valence-corrected chi connectivity index (χ4v) is 0.826. The molecule has 0 radical (unpaired) electrons. The molecule has 0 fully saturated rings. The van der Waals surface area contributed by atoms with Crippen LogP contribution in [0.25, 0.3) is 0 Å². The maximum absolute atomic E-state index is 8.57. The van der Waals surface area contributed by atoms with Crippen LogP contribution in [0, 0.1) is 0 Å². The Morgan fingerprint density at radius 1 is 1.50 bits per heavy atom. The van der Waals surface area contributed by atoms with Crippen molar-refractivity contribution < 1.29 is 9.84 Å². The molecule has 0 aliphatic carbocycles. The van der Waals surface area contributed by atoms with Crippen LogP contribution in [0.15, 0.2) is 43.2 Å². The minimum atomic E-state index is -0.178. The van der Waals surface area contributed by atoms with Gasteiger partial charge in [-0.2, -0.15) is 0 Å². The molecule has 0 amide bonds. The Balaban J connectivity index is 0.000000146. The van der Waals surface area contributed by atoms with Gasteiger partial charge in [-0.05, 0) is 24.4 Å². The topological polar surface area (TPSA) is 47.3 Å². The van der Waals surface area contributed by atoms with Crippen molar-refractivity contribution in [3.63, 3.8) is 0 Å². The number of aliphatic hydroxyl groups is 1. The van der Waals surface area contributed by atoms with Gasteiger partial charge in [0.05, 0.1) is 6.26 Å². The van der Waals surface area contributed by atoms with Gasteiger partial charge in [-0.25, -0.2) is 4.98 Å². The van der Waals surface area contributed by atoms with Crippen molar-refractivity contribution in [3.8, 4) is 0 Å². The Hall–Kier alpha value is -1.62. The lowest BCUT2D eigenvalue weighted by Gasteiger charge is -1.94. The molecule has 1 aliphatic rings. The molecular formula is C9H10N2O2S. The van der Waals surface area contributed by atoms with E-state index in [9.17, 15) is 0 Å². The SMILES string of the molecule is C1=CCOC=C1.OC(=S)n1ccnc1. The van der Waals surface area contributed by atoms with Crippen LogP contribution < -0.4 is 0 Å².